The van der Waals surface area contributed by atoms with Gasteiger partial charge in [-0.25, -0.2) is 9.37 Å². The van der Waals surface area contributed by atoms with E-state index in [1.165, 1.54) is 24.4 Å². The standard InChI is InChI=1S/C31H18Br2ClFN4O4/c32-19-9-10-26-17(11-19)13-27(43-26)30-38-24-7-3-1-5-21(24)31(41)39(30)36-15-18-12-20(34)14-22(33)29(18)42-16-28(40)37-25-8-4-2-6-23(25)35/h1-15H,16H2,(H,37,40). The van der Waals surface area contributed by atoms with Gasteiger partial charge in [-0.2, -0.15) is 9.78 Å². The Kier molecular flexibility index (Phi) is 8.11. The normalized spacial score (nSPS) is 11.4. The van der Waals surface area contributed by atoms with Crippen molar-refractivity contribution in [3.63, 3.8) is 0 Å². The van der Waals surface area contributed by atoms with E-state index < -0.39 is 23.9 Å². The molecular formula is C31H18Br2ClFN4O4. The van der Waals surface area contributed by atoms with Crippen LogP contribution in [0, 0.1) is 5.82 Å². The average Bonchev–Trinajstić information content (AvgIpc) is 3.40. The number of ether oxygens (including phenoxy) is 1. The summed E-state index contributed by atoms with van der Waals surface area (Å²) < 4.78 is 28.3. The fourth-order valence-electron chi connectivity index (χ4n) is 4.35. The third-order valence-electron chi connectivity index (χ3n) is 6.30. The molecule has 0 bridgehead atoms. The van der Waals surface area contributed by atoms with Gasteiger partial charge >= 0.3 is 0 Å². The van der Waals surface area contributed by atoms with Crippen LogP contribution in [0.25, 0.3) is 33.5 Å². The SMILES string of the molecule is O=C(COc1c(Br)cc(Cl)cc1C=Nn1c(-c2cc3cc(Br)ccc3o2)nc2ccccc2c1=O)Nc1ccccc1F. The monoisotopic (exact) mass is 722 g/mol. The van der Waals surface area contributed by atoms with Crippen LogP contribution in [0.1, 0.15) is 5.56 Å². The number of nitrogens with zero attached hydrogens (tertiary/aromatic N) is 3. The van der Waals surface area contributed by atoms with Crippen LogP contribution in [-0.4, -0.2) is 28.4 Å². The van der Waals surface area contributed by atoms with E-state index in [0.717, 1.165) is 14.5 Å². The Hall–Kier alpha value is -4.32. The fraction of sp³-hybridized carbons (Fsp3) is 0.0323. The predicted octanol–water partition coefficient (Wildman–Crippen LogP) is 8.03. The first-order valence-corrected chi connectivity index (χ1v) is 14.6. The molecule has 0 fully saturated rings. The number of carbonyl (C=O) groups is 1. The number of aromatic nitrogens is 2. The van der Waals surface area contributed by atoms with Crippen molar-refractivity contribution in [2.24, 2.45) is 5.10 Å². The van der Waals surface area contributed by atoms with Crippen molar-refractivity contribution in [2.45, 2.75) is 0 Å². The van der Waals surface area contributed by atoms with E-state index in [2.05, 4.69) is 42.3 Å². The van der Waals surface area contributed by atoms with Gasteiger partial charge in [0.15, 0.2) is 12.4 Å². The summed E-state index contributed by atoms with van der Waals surface area (Å²) in [6.45, 7) is -0.438. The largest absolute Gasteiger partial charge is 0.482 e. The van der Waals surface area contributed by atoms with E-state index in [4.69, 9.17) is 25.7 Å². The van der Waals surface area contributed by atoms with Crippen LogP contribution >= 0.6 is 43.5 Å². The summed E-state index contributed by atoms with van der Waals surface area (Å²) in [6, 6.07) is 23.2. The number of fused-ring (bicyclic) bond motifs is 2. The van der Waals surface area contributed by atoms with E-state index in [9.17, 15) is 14.0 Å². The number of halogens is 4. The highest BCUT2D eigenvalue weighted by atomic mass is 79.9. The second-order valence-electron chi connectivity index (χ2n) is 9.23. The van der Waals surface area contributed by atoms with Gasteiger partial charge in [0.05, 0.1) is 27.3 Å². The van der Waals surface area contributed by atoms with E-state index in [0.29, 0.717) is 37.3 Å². The number of hydrogen-bond donors (Lipinski definition) is 1. The summed E-state index contributed by atoms with van der Waals surface area (Å²) in [5, 5.41) is 8.47. The molecule has 4 aromatic carbocycles. The van der Waals surface area contributed by atoms with Gasteiger partial charge in [0.2, 0.25) is 5.82 Å². The fourth-order valence-corrected chi connectivity index (χ4v) is 5.68. The van der Waals surface area contributed by atoms with E-state index >= 15 is 0 Å². The van der Waals surface area contributed by atoms with Gasteiger partial charge in [-0.3, -0.25) is 9.59 Å². The molecule has 0 saturated heterocycles. The molecule has 1 amide bonds. The Morgan fingerprint density at radius 2 is 1.86 bits per heavy atom. The van der Waals surface area contributed by atoms with Crippen molar-refractivity contribution in [3.05, 3.63) is 121 Å². The summed E-state index contributed by atoms with van der Waals surface area (Å²) in [4.78, 5) is 30.9. The van der Waals surface area contributed by atoms with Gasteiger partial charge in [0.1, 0.15) is 17.1 Å². The van der Waals surface area contributed by atoms with Crippen molar-refractivity contribution in [1.29, 1.82) is 0 Å². The molecule has 2 heterocycles. The van der Waals surface area contributed by atoms with Crippen molar-refractivity contribution in [2.75, 3.05) is 11.9 Å². The molecule has 0 radical (unpaired) electrons. The van der Waals surface area contributed by atoms with Crippen LogP contribution in [0.2, 0.25) is 5.02 Å². The molecule has 8 nitrogen and oxygen atoms in total. The average molecular weight is 725 g/mol. The van der Waals surface area contributed by atoms with Crippen molar-refractivity contribution < 1.29 is 18.3 Å². The van der Waals surface area contributed by atoms with Crippen LogP contribution in [0.3, 0.4) is 0 Å². The molecule has 6 rings (SSSR count). The summed E-state index contributed by atoms with van der Waals surface area (Å²) in [5.41, 5.74) is 1.05. The summed E-state index contributed by atoms with van der Waals surface area (Å²) in [5.74, 6) is -0.405. The maximum absolute atomic E-state index is 14.0. The molecule has 0 atom stereocenters. The molecule has 0 unspecified atom stereocenters. The number of para-hydroxylation sites is 2. The lowest BCUT2D eigenvalue weighted by atomic mass is 10.2. The van der Waals surface area contributed by atoms with Gasteiger partial charge in [-0.1, -0.05) is 51.8 Å². The third-order valence-corrected chi connectivity index (χ3v) is 7.60. The van der Waals surface area contributed by atoms with Crippen LogP contribution < -0.4 is 15.6 Å². The van der Waals surface area contributed by atoms with Crippen molar-refractivity contribution in [3.8, 4) is 17.3 Å². The lowest BCUT2D eigenvalue weighted by molar-refractivity contribution is -0.118. The molecule has 0 aliphatic rings. The van der Waals surface area contributed by atoms with Crippen LogP contribution in [0.5, 0.6) is 5.75 Å². The number of carbonyl (C=O) groups excluding carboxylic acids is 1. The number of benzene rings is 4. The van der Waals surface area contributed by atoms with Crippen LogP contribution in [0.15, 0.2) is 108 Å². The van der Waals surface area contributed by atoms with Gasteiger partial charge in [-0.15, -0.1) is 0 Å². The van der Waals surface area contributed by atoms with Gasteiger partial charge in [0, 0.05) is 20.4 Å². The first kappa shape index (κ1) is 28.8. The Balaban J connectivity index is 1.39. The summed E-state index contributed by atoms with van der Waals surface area (Å²) in [6.07, 6.45) is 1.38. The number of nitrogens with one attached hydrogen (secondary N) is 1. The number of anilines is 1. The summed E-state index contributed by atoms with van der Waals surface area (Å²) in [7, 11) is 0. The number of hydrogen-bond acceptors (Lipinski definition) is 6. The van der Waals surface area contributed by atoms with Gasteiger partial charge in [-0.05, 0) is 76.6 Å². The zero-order valence-electron chi connectivity index (χ0n) is 21.9. The van der Waals surface area contributed by atoms with Crippen molar-refractivity contribution in [1.82, 2.24) is 9.66 Å². The first-order valence-electron chi connectivity index (χ1n) is 12.7. The molecule has 0 saturated carbocycles. The minimum absolute atomic E-state index is 0.0294. The highest BCUT2D eigenvalue weighted by Crippen LogP contribution is 2.33. The zero-order chi connectivity index (χ0) is 30.1. The van der Waals surface area contributed by atoms with Crippen LogP contribution in [-0.2, 0) is 4.79 Å². The summed E-state index contributed by atoms with van der Waals surface area (Å²) >= 11 is 13.2. The minimum Gasteiger partial charge on any atom is -0.482 e. The second-order valence-corrected chi connectivity index (χ2v) is 11.4. The highest BCUT2D eigenvalue weighted by Gasteiger charge is 2.18. The Bertz CT molecular complexity index is 2130. The maximum Gasteiger partial charge on any atom is 0.282 e. The van der Waals surface area contributed by atoms with Crippen LogP contribution in [0.4, 0.5) is 10.1 Å². The van der Waals surface area contributed by atoms with E-state index in [1.54, 1.807) is 48.5 Å². The highest BCUT2D eigenvalue weighted by molar-refractivity contribution is 9.10. The molecule has 214 valence electrons. The Labute approximate surface area is 265 Å². The molecule has 2 aromatic heterocycles. The first-order chi connectivity index (χ1) is 20.8. The third kappa shape index (κ3) is 6.10. The topological polar surface area (TPSA) is 98.7 Å². The molecule has 0 spiro atoms. The molecule has 43 heavy (non-hydrogen) atoms. The van der Waals surface area contributed by atoms with E-state index in [1.807, 2.05) is 18.2 Å². The Morgan fingerprint density at radius 3 is 2.70 bits per heavy atom. The molecule has 1 N–H and O–H groups in total. The molecule has 6 aromatic rings. The zero-order valence-corrected chi connectivity index (χ0v) is 25.8. The van der Waals surface area contributed by atoms with Crippen molar-refractivity contribution >= 4 is 83.1 Å². The second kappa shape index (κ2) is 12.1. The number of amides is 1. The van der Waals surface area contributed by atoms with Gasteiger partial charge in [0.25, 0.3) is 11.5 Å². The molecular weight excluding hydrogens is 707 g/mol. The quantitative estimate of drug-likeness (QED) is 0.168. The van der Waals surface area contributed by atoms with E-state index in [-0.39, 0.29) is 17.3 Å². The molecule has 0 aliphatic carbocycles. The number of rotatable bonds is 7. The predicted molar refractivity (Wildman–Crippen MR) is 172 cm³/mol. The lowest BCUT2D eigenvalue weighted by Gasteiger charge is -2.13. The molecule has 0 aliphatic heterocycles. The smallest absolute Gasteiger partial charge is 0.282 e. The minimum atomic E-state index is -0.580. The lowest BCUT2D eigenvalue weighted by Crippen LogP contribution is -2.21. The van der Waals surface area contributed by atoms with Gasteiger partial charge < -0.3 is 14.5 Å². The Morgan fingerprint density at radius 1 is 1.07 bits per heavy atom. The molecule has 12 heteroatoms. The number of furan rings is 1. The maximum atomic E-state index is 14.0.